The first-order valence-corrected chi connectivity index (χ1v) is 6.71. The Hall–Kier alpha value is -1.52. The minimum Gasteiger partial charge on any atom is -0.460 e. The van der Waals surface area contributed by atoms with Gasteiger partial charge < -0.3 is 14.6 Å². The maximum absolute atomic E-state index is 11.9. The molecule has 0 unspecified atom stereocenters. The zero-order valence-corrected chi connectivity index (χ0v) is 12.7. The van der Waals surface area contributed by atoms with Gasteiger partial charge in [0.1, 0.15) is 12.3 Å². The summed E-state index contributed by atoms with van der Waals surface area (Å²) in [4.78, 5) is 17.2. The van der Waals surface area contributed by atoms with Gasteiger partial charge in [-0.2, -0.15) is 0 Å². The van der Waals surface area contributed by atoms with Gasteiger partial charge in [-0.15, -0.1) is 12.4 Å². The number of fused-ring (bicyclic) bond motifs is 1. The van der Waals surface area contributed by atoms with E-state index in [4.69, 9.17) is 4.74 Å². The van der Waals surface area contributed by atoms with Crippen molar-refractivity contribution in [2.75, 3.05) is 26.2 Å². The average molecular weight is 297 g/mol. The summed E-state index contributed by atoms with van der Waals surface area (Å²) in [5, 5.41) is 1.03. The molecule has 0 aliphatic rings. The van der Waals surface area contributed by atoms with Crippen LogP contribution < -0.4 is 0 Å². The van der Waals surface area contributed by atoms with Gasteiger partial charge in [0, 0.05) is 17.4 Å². The highest BCUT2D eigenvalue weighted by Crippen LogP contribution is 2.15. The lowest BCUT2D eigenvalue weighted by Gasteiger charge is -2.17. The number of rotatable bonds is 6. The van der Waals surface area contributed by atoms with Gasteiger partial charge in [0.2, 0.25) is 0 Å². The number of aromatic amines is 1. The molecule has 0 fully saturated rings. The standard InChI is InChI=1S/C15H20N2O2.ClH/c1-3-17(4-2)9-10-19-15(18)14-11-12-7-5-6-8-13(12)16-14;/h5-8,11,16H,3-4,9-10H2,1-2H3;1H. The number of esters is 1. The van der Waals surface area contributed by atoms with Crippen LogP contribution in [0.5, 0.6) is 0 Å². The van der Waals surface area contributed by atoms with Gasteiger partial charge in [-0.05, 0) is 25.2 Å². The monoisotopic (exact) mass is 296 g/mol. The lowest BCUT2D eigenvalue weighted by Crippen LogP contribution is -2.27. The molecule has 0 spiro atoms. The maximum atomic E-state index is 11.9. The average Bonchev–Trinajstić information content (AvgIpc) is 2.87. The van der Waals surface area contributed by atoms with E-state index in [-0.39, 0.29) is 18.4 Å². The first-order valence-electron chi connectivity index (χ1n) is 6.71. The molecule has 4 nitrogen and oxygen atoms in total. The van der Waals surface area contributed by atoms with Crippen molar-refractivity contribution in [1.82, 2.24) is 9.88 Å². The predicted octanol–water partition coefficient (Wildman–Crippen LogP) is 3.09. The Morgan fingerprint density at radius 3 is 2.60 bits per heavy atom. The molecule has 1 heterocycles. The molecule has 0 aliphatic carbocycles. The van der Waals surface area contributed by atoms with E-state index in [0.29, 0.717) is 12.3 Å². The Bertz CT molecular complexity index is 517. The number of carbonyl (C=O) groups is 1. The van der Waals surface area contributed by atoms with Crippen molar-refractivity contribution in [3.8, 4) is 0 Å². The van der Waals surface area contributed by atoms with Crippen LogP contribution >= 0.6 is 12.4 Å². The van der Waals surface area contributed by atoms with Crippen LogP contribution in [0.15, 0.2) is 30.3 Å². The molecule has 0 saturated carbocycles. The number of hydrogen-bond donors (Lipinski definition) is 1. The van der Waals surface area contributed by atoms with Crippen molar-refractivity contribution in [2.45, 2.75) is 13.8 Å². The Morgan fingerprint density at radius 1 is 1.25 bits per heavy atom. The number of H-pyrrole nitrogens is 1. The number of ether oxygens (including phenoxy) is 1. The van der Waals surface area contributed by atoms with Crippen molar-refractivity contribution in [2.24, 2.45) is 0 Å². The van der Waals surface area contributed by atoms with E-state index in [2.05, 4.69) is 23.7 Å². The molecule has 2 rings (SSSR count). The minimum absolute atomic E-state index is 0. The fourth-order valence-electron chi connectivity index (χ4n) is 2.07. The van der Waals surface area contributed by atoms with Crippen LogP contribution in [0.1, 0.15) is 24.3 Å². The van der Waals surface area contributed by atoms with E-state index in [1.54, 1.807) is 0 Å². The van der Waals surface area contributed by atoms with E-state index >= 15 is 0 Å². The second-order valence-corrected chi connectivity index (χ2v) is 4.43. The number of aromatic nitrogens is 1. The first-order chi connectivity index (χ1) is 9.24. The Morgan fingerprint density at radius 2 is 1.95 bits per heavy atom. The van der Waals surface area contributed by atoms with Gasteiger partial charge in [0.05, 0.1) is 0 Å². The van der Waals surface area contributed by atoms with Crippen LogP contribution in [-0.4, -0.2) is 42.1 Å². The second-order valence-electron chi connectivity index (χ2n) is 4.43. The largest absolute Gasteiger partial charge is 0.460 e. The highest BCUT2D eigenvalue weighted by molar-refractivity contribution is 5.94. The molecule has 0 bridgehead atoms. The van der Waals surface area contributed by atoms with Crippen molar-refractivity contribution in [3.05, 3.63) is 36.0 Å². The fourth-order valence-corrected chi connectivity index (χ4v) is 2.07. The van der Waals surface area contributed by atoms with Crippen LogP contribution in [0.2, 0.25) is 0 Å². The number of benzene rings is 1. The lowest BCUT2D eigenvalue weighted by atomic mass is 10.2. The van der Waals surface area contributed by atoms with E-state index in [9.17, 15) is 4.79 Å². The van der Waals surface area contributed by atoms with E-state index in [1.165, 1.54) is 0 Å². The molecule has 20 heavy (non-hydrogen) atoms. The van der Waals surface area contributed by atoms with Crippen molar-refractivity contribution >= 4 is 29.3 Å². The maximum Gasteiger partial charge on any atom is 0.354 e. The van der Waals surface area contributed by atoms with Crippen LogP contribution in [0.25, 0.3) is 10.9 Å². The summed E-state index contributed by atoms with van der Waals surface area (Å²) in [6.07, 6.45) is 0. The van der Waals surface area contributed by atoms with Crippen LogP contribution in [0.4, 0.5) is 0 Å². The topological polar surface area (TPSA) is 45.3 Å². The van der Waals surface area contributed by atoms with Gasteiger partial charge in [0.15, 0.2) is 0 Å². The van der Waals surface area contributed by atoms with Crippen molar-refractivity contribution in [3.63, 3.8) is 0 Å². The quantitative estimate of drug-likeness (QED) is 0.833. The fraction of sp³-hybridized carbons (Fsp3) is 0.400. The molecular formula is C15H21ClN2O2. The minimum atomic E-state index is -0.289. The number of likely N-dealkylation sites (N-methyl/N-ethyl adjacent to an activating group) is 1. The Balaban J connectivity index is 0.00000200. The van der Waals surface area contributed by atoms with Gasteiger partial charge in [-0.25, -0.2) is 4.79 Å². The summed E-state index contributed by atoms with van der Waals surface area (Å²) < 4.78 is 5.28. The summed E-state index contributed by atoms with van der Waals surface area (Å²) in [7, 11) is 0. The van der Waals surface area contributed by atoms with Crippen LogP contribution in [0, 0.1) is 0 Å². The van der Waals surface area contributed by atoms with Crippen LogP contribution in [0.3, 0.4) is 0 Å². The third kappa shape index (κ3) is 3.99. The molecule has 2 aromatic rings. The molecule has 0 atom stereocenters. The number of carbonyl (C=O) groups excluding carboxylic acids is 1. The van der Waals surface area contributed by atoms with Gasteiger partial charge in [-0.3, -0.25) is 0 Å². The molecule has 0 aliphatic heterocycles. The number of nitrogens with one attached hydrogen (secondary N) is 1. The molecule has 5 heteroatoms. The zero-order chi connectivity index (χ0) is 13.7. The van der Waals surface area contributed by atoms with Gasteiger partial charge in [0.25, 0.3) is 0 Å². The molecule has 0 amide bonds. The summed E-state index contributed by atoms with van der Waals surface area (Å²) in [6.45, 7) is 7.35. The molecule has 0 saturated heterocycles. The smallest absolute Gasteiger partial charge is 0.354 e. The SMILES string of the molecule is CCN(CC)CCOC(=O)c1cc2ccccc2[nH]1.Cl. The van der Waals surface area contributed by atoms with Gasteiger partial charge >= 0.3 is 5.97 Å². The lowest BCUT2D eigenvalue weighted by molar-refractivity contribution is 0.0461. The summed E-state index contributed by atoms with van der Waals surface area (Å²) in [5.74, 6) is -0.289. The third-order valence-electron chi connectivity index (χ3n) is 3.28. The van der Waals surface area contributed by atoms with E-state index in [1.807, 2.05) is 30.3 Å². The Kier molecular flexibility index (Phi) is 6.55. The summed E-state index contributed by atoms with van der Waals surface area (Å²) in [6, 6.07) is 9.63. The third-order valence-corrected chi connectivity index (χ3v) is 3.28. The van der Waals surface area contributed by atoms with Crippen molar-refractivity contribution < 1.29 is 9.53 Å². The van der Waals surface area contributed by atoms with Crippen LogP contribution in [-0.2, 0) is 4.74 Å². The normalized spacial score (nSPS) is 10.6. The number of nitrogens with zero attached hydrogens (tertiary/aromatic N) is 1. The van der Waals surface area contributed by atoms with E-state index in [0.717, 1.165) is 30.5 Å². The van der Waals surface area contributed by atoms with Crippen molar-refractivity contribution in [1.29, 1.82) is 0 Å². The molecule has 110 valence electrons. The first kappa shape index (κ1) is 16.5. The van der Waals surface area contributed by atoms with Gasteiger partial charge in [-0.1, -0.05) is 32.0 Å². The summed E-state index contributed by atoms with van der Waals surface area (Å²) in [5.41, 5.74) is 1.47. The predicted molar refractivity (Wildman–Crippen MR) is 83.6 cm³/mol. The van der Waals surface area contributed by atoms with E-state index < -0.39 is 0 Å². The molecule has 1 N–H and O–H groups in total. The molecule has 0 radical (unpaired) electrons. The Labute approximate surface area is 125 Å². The number of para-hydroxylation sites is 1. The second kappa shape index (κ2) is 7.92. The molecular weight excluding hydrogens is 276 g/mol. The molecule has 1 aromatic carbocycles. The highest BCUT2D eigenvalue weighted by atomic mass is 35.5. The number of hydrogen-bond acceptors (Lipinski definition) is 3. The highest BCUT2D eigenvalue weighted by Gasteiger charge is 2.10. The zero-order valence-electron chi connectivity index (χ0n) is 11.9. The number of halogens is 1. The summed E-state index contributed by atoms with van der Waals surface area (Å²) >= 11 is 0. The molecule has 1 aromatic heterocycles.